The second-order valence-corrected chi connectivity index (χ2v) is 4.21. The second kappa shape index (κ2) is 5.31. The number of nitrogens with two attached hydrogens (primary N) is 1. The number of nitrogens with zero attached hydrogens (tertiary/aromatic N) is 3. The average molecular weight is 240 g/mol. The van der Waals surface area contributed by atoms with E-state index in [1.807, 2.05) is 61.5 Å². The zero-order valence-corrected chi connectivity index (χ0v) is 10.5. The minimum Gasteiger partial charge on any atom is -0.399 e. The highest BCUT2D eigenvalue weighted by Gasteiger charge is 1.95. The molecule has 4 heteroatoms. The molecule has 0 spiro atoms. The molecule has 0 fully saturated rings. The van der Waals surface area contributed by atoms with Crippen LogP contribution >= 0.6 is 0 Å². The van der Waals surface area contributed by atoms with E-state index in [1.165, 1.54) is 0 Å². The molecule has 0 unspecified atom stereocenters. The van der Waals surface area contributed by atoms with Crippen molar-refractivity contribution >= 4 is 22.7 Å². The van der Waals surface area contributed by atoms with Gasteiger partial charge in [-0.3, -0.25) is 0 Å². The van der Waals surface area contributed by atoms with Crippen molar-refractivity contribution in [1.82, 2.24) is 0 Å². The average Bonchev–Trinajstić information content (AvgIpc) is 2.37. The Hall–Kier alpha value is -2.36. The predicted octanol–water partition coefficient (Wildman–Crippen LogP) is 3.75. The van der Waals surface area contributed by atoms with Crippen molar-refractivity contribution in [2.24, 2.45) is 10.2 Å². The van der Waals surface area contributed by atoms with Crippen LogP contribution < -0.4 is 10.6 Å². The molecule has 0 radical (unpaired) electrons. The quantitative estimate of drug-likeness (QED) is 0.656. The highest BCUT2D eigenvalue weighted by atomic mass is 15.1. The van der Waals surface area contributed by atoms with E-state index in [-0.39, 0.29) is 0 Å². The summed E-state index contributed by atoms with van der Waals surface area (Å²) < 4.78 is 0. The third kappa shape index (κ3) is 3.07. The number of benzene rings is 2. The van der Waals surface area contributed by atoms with Gasteiger partial charge in [-0.25, -0.2) is 0 Å². The van der Waals surface area contributed by atoms with Gasteiger partial charge in [-0.05, 0) is 42.5 Å². The van der Waals surface area contributed by atoms with Crippen LogP contribution in [0, 0.1) is 0 Å². The van der Waals surface area contributed by atoms with Gasteiger partial charge in [0, 0.05) is 25.5 Å². The zero-order chi connectivity index (χ0) is 13.0. The lowest BCUT2D eigenvalue weighted by Gasteiger charge is -2.11. The molecule has 2 N–H and O–H groups in total. The maximum Gasteiger partial charge on any atom is 0.0877 e. The summed E-state index contributed by atoms with van der Waals surface area (Å²) in [6.07, 6.45) is 0. The minimum atomic E-state index is 0.689. The van der Waals surface area contributed by atoms with E-state index in [2.05, 4.69) is 10.2 Å². The van der Waals surface area contributed by atoms with Crippen molar-refractivity contribution < 1.29 is 0 Å². The van der Waals surface area contributed by atoms with Gasteiger partial charge in [0.15, 0.2) is 0 Å². The minimum absolute atomic E-state index is 0.689. The number of hydrogen-bond donors (Lipinski definition) is 1. The number of anilines is 2. The summed E-state index contributed by atoms with van der Waals surface area (Å²) >= 11 is 0. The highest BCUT2D eigenvalue weighted by molar-refractivity contribution is 5.53. The first-order valence-electron chi connectivity index (χ1n) is 5.70. The van der Waals surface area contributed by atoms with E-state index in [0.717, 1.165) is 17.1 Å². The molecule has 0 saturated heterocycles. The zero-order valence-electron chi connectivity index (χ0n) is 10.5. The Morgan fingerprint density at radius 2 is 1.56 bits per heavy atom. The largest absolute Gasteiger partial charge is 0.399 e. The van der Waals surface area contributed by atoms with Gasteiger partial charge in [0.25, 0.3) is 0 Å². The van der Waals surface area contributed by atoms with Gasteiger partial charge >= 0.3 is 0 Å². The summed E-state index contributed by atoms with van der Waals surface area (Å²) in [5.74, 6) is 0. The smallest absolute Gasteiger partial charge is 0.0877 e. The molecule has 0 aliphatic rings. The number of rotatable bonds is 3. The van der Waals surface area contributed by atoms with Crippen molar-refractivity contribution in [1.29, 1.82) is 0 Å². The van der Waals surface area contributed by atoms with Crippen LogP contribution in [0.2, 0.25) is 0 Å². The van der Waals surface area contributed by atoms with E-state index in [9.17, 15) is 0 Å². The highest BCUT2D eigenvalue weighted by Crippen LogP contribution is 2.22. The van der Waals surface area contributed by atoms with E-state index in [1.54, 1.807) is 6.07 Å². The first-order chi connectivity index (χ1) is 8.65. The molecular weight excluding hydrogens is 224 g/mol. The molecule has 0 amide bonds. The Morgan fingerprint density at radius 3 is 2.17 bits per heavy atom. The Morgan fingerprint density at radius 1 is 0.889 bits per heavy atom. The molecule has 0 aromatic heterocycles. The van der Waals surface area contributed by atoms with Gasteiger partial charge < -0.3 is 10.6 Å². The summed E-state index contributed by atoms with van der Waals surface area (Å²) in [5, 5.41) is 8.31. The third-order valence-corrected chi connectivity index (χ3v) is 2.52. The molecule has 92 valence electrons. The third-order valence-electron chi connectivity index (χ3n) is 2.52. The van der Waals surface area contributed by atoms with Gasteiger partial charge in [-0.2, -0.15) is 10.2 Å². The summed E-state index contributed by atoms with van der Waals surface area (Å²) in [6.45, 7) is 0. The number of hydrogen-bond acceptors (Lipinski definition) is 4. The molecule has 2 aromatic carbocycles. The molecule has 0 atom stereocenters. The van der Waals surface area contributed by atoms with Crippen LogP contribution in [0.4, 0.5) is 22.7 Å². The second-order valence-electron chi connectivity index (χ2n) is 4.21. The molecule has 0 saturated carbocycles. The molecule has 2 rings (SSSR count). The van der Waals surface area contributed by atoms with Crippen molar-refractivity contribution in [2.75, 3.05) is 24.7 Å². The van der Waals surface area contributed by atoms with Crippen molar-refractivity contribution in [3.05, 3.63) is 48.5 Å². The van der Waals surface area contributed by atoms with Crippen molar-refractivity contribution in [3.8, 4) is 0 Å². The van der Waals surface area contributed by atoms with Crippen molar-refractivity contribution in [3.63, 3.8) is 0 Å². The standard InChI is InChI=1S/C14H16N4/c1-18(2)14-8-6-12(7-9-14)16-17-13-5-3-4-11(15)10-13/h3-10H,15H2,1-2H3. The molecular formula is C14H16N4. The Balaban J connectivity index is 2.14. The summed E-state index contributed by atoms with van der Waals surface area (Å²) in [7, 11) is 4.01. The number of nitrogen functional groups attached to an aromatic ring is 1. The monoisotopic (exact) mass is 240 g/mol. The summed E-state index contributed by atoms with van der Waals surface area (Å²) in [4.78, 5) is 2.04. The van der Waals surface area contributed by atoms with Gasteiger partial charge in [0.1, 0.15) is 0 Å². The number of azo groups is 1. The van der Waals surface area contributed by atoms with Crippen LogP contribution in [-0.4, -0.2) is 14.1 Å². The van der Waals surface area contributed by atoms with Gasteiger partial charge in [-0.1, -0.05) is 6.07 Å². The molecule has 18 heavy (non-hydrogen) atoms. The van der Waals surface area contributed by atoms with Gasteiger partial charge in [-0.15, -0.1) is 0 Å². The predicted molar refractivity (Wildman–Crippen MR) is 75.8 cm³/mol. The molecule has 0 aliphatic carbocycles. The summed E-state index contributed by atoms with van der Waals surface area (Å²) in [6, 6.07) is 15.2. The fraction of sp³-hybridized carbons (Fsp3) is 0.143. The topological polar surface area (TPSA) is 54.0 Å². The molecule has 0 heterocycles. The van der Waals surface area contributed by atoms with Crippen LogP contribution in [-0.2, 0) is 0 Å². The Bertz CT molecular complexity index is 544. The lowest BCUT2D eigenvalue weighted by Crippen LogP contribution is -2.07. The SMILES string of the molecule is CN(C)c1ccc(N=Nc2cccc(N)c2)cc1. The first-order valence-corrected chi connectivity index (χ1v) is 5.70. The van der Waals surface area contributed by atoms with Crippen LogP contribution in [0.15, 0.2) is 58.8 Å². The summed E-state index contributed by atoms with van der Waals surface area (Å²) in [5.41, 5.74) is 9.08. The fourth-order valence-electron chi connectivity index (χ4n) is 1.52. The van der Waals surface area contributed by atoms with Crippen molar-refractivity contribution in [2.45, 2.75) is 0 Å². The normalized spacial score (nSPS) is 10.8. The van der Waals surface area contributed by atoms with E-state index >= 15 is 0 Å². The molecule has 0 aliphatic heterocycles. The van der Waals surface area contributed by atoms with Crippen LogP contribution in [0.1, 0.15) is 0 Å². The fourth-order valence-corrected chi connectivity index (χ4v) is 1.52. The van der Waals surface area contributed by atoms with Crippen LogP contribution in [0.3, 0.4) is 0 Å². The van der Waals surface area contributed by atoms with E-state index in [4.69, 9.17) is 5.73 Å². The molecule has 0 bridgehead atoms. The maximum atomic E-state index is 5.67. The Kier molecular flexibility index (Phi) is 3.57. The van der Waals surface area contributed by atoms with Crippen LogP contribution in [0.25, 0.3) is 0 Å². The maximum absolute atomic E-state index is 5.67. The molecule has 4 nitrogen and oxygen atoms in total. The Labute approximate surface area is 107 Å². The lowest BCUT2D eigenvalue weighted by molar-refractivity contribution is 1.13. The first kappa shape index (κ1) is 12.1. The van der Waals surface area contributed by atoms with Crippen LogP contribution in [0.5, 0.6) is 0 Å². The van der Waals surface area contributed by atoms with E-state index < -0.39 is 0 Å². The van der Waals surface area contributed by atoms with E-state index in [0.29, 0.717) is 5.69 Å². The molecule has 2 aromatic rings. The lowest BCUT2D eigenvalue weighted by atomic mass is 10.3. The van der Waals surface area contributed by atoms with Gasteiger partial charge in [0.05, 0.1) is 11.4 Å². The van der Waals surface area contributed by atoms with Gasteiger partial charge in [0.2, 0.25) is 0 Å².